The van der Waals surface area contributed by atoms with E-state index >= 15 is 0 Å². The molecule has 0 aliphatic rings. The van der Waals surface area contributed by atoms with Gasteiger partial charge >= 0.3 is 5.69 Å². The Morgan fingerprint density at radius 1 is 1.00 bits per heavy atom. The second-order valence-electron chi connectivity index (χ2n) is 6.55. The number of carbonyl (C=O) groups is 1. The van der Waals surface area contributed by atoms with Crippen LogP contribution >= 0.6 is 0 Å². The summed E-state index contributed by atoms with van der Waals surface area (Å²) in [7, 11) is 0. The summed E-state index contributed by atoms with van der Waals surface area (Å²) in [5, 5.41) is 20.3. The van der Waals surface area contributed by atoms with Gasteiger partial charge in [0.25, 0.3) is 0 Å². The van der Waals surface area contributed by atoms with Gasteiger partial charge in [-0.1, -0.05) is 0 Å². The van der Waals surface area contributed by atoms with E-state index in [0.29, 0.717) is 29.4 Å². The molecule has 3 N–H and O–H groups in total. The van der Waals surface area contributed by atoms with Crippen molar-refractivity contribution < 1.29 is 14.5 Å². The maximum Gasteiger partial charge on any atom is 0.332 e. The third kappa shape index (κ3) is 5.66. The van der Waals surface area contributed by atoms with Gasteiger partial charge in [0, 0.05) is 24.0 Å². The van der Waals surface area contributed by atoms with E-state index in [1.165, 1.54) is 6.92 Å². The third-order valence-electron chi connectivity index (χ3n) is 4.13. The highest BCUT2D eigenvalue weighted by Gasteiger charge is 2.22. The number of aromatic nitrogens is 2. The summed E-state index contributed by atoms with van der Waals surface area (Å²) in [6.07, 6.45) is 0. The number of anilines is 5. The van der Waals surface area contributed by atoms with Crippen LogP contribution in [-0.4, -0.2) is 27.4 Å². The van der Waals surface area contributed by atoms with Gasteiger partial charge in [0.05, 0.1) is 11.5 Å². The van der Waals surface area contributed by atoms with Gasteiger partial charge in [-0.25, -0.2) is 4.98 Å². The number of ether oxygens (including phenoxy) is 1. The van der Waals surface area contributed by atoms with Gasteiger partial charge < -0.3 is 20.7 Å². The number of carbonyl (C=O) groups excluding carboxylic acids is 1. The summed E-state index contributed by atoms with van der Waals surface area (Å²) in [6, 6.07) is 14.0. The van der Waals surface area contributed by atoms with Crippen molar-refractivity contribution in [1.82, 2.24) is 9.97 Å². The molecule has 1 aromatic heterocycles. The Morgan fingerprint density at radius 2 is 1.58 bits per heavy atom. The zero-order chi connectivity index (χ0) is 22.4. The van der Waals surface area contributed by atoms with Crippen LogP contribution in [0.4, 0.5) is 34.5 Å². The number of nitrogens with zero attached hydrogens (tertiary/aromatic N) is 3. The lowest BCUT2D eigenvalue weighted by molar-refractivity contribution is -0.385. The molecule has 0 atom stereocenters. The molecular formula is C21H22N6O4. The molecule has 0 bridgehead atoms. The second kappa shape index (κ2) is 9.53. The normalized spacial score (nSPS) is 10.3. The smallest absolute Gasteiger partial charge is 0.332 e. The molecule has 1 amide bonds. The zero-order valence-electron chi connectivity index (χ0n) is 17.3. The highest BCUT2D eigenvalue weighted by atomic mass is 16.6. The maximum absolute atomic E-state index is 11.6. The van der Waals surface area contributed by atoms with Gasteiger partial charge in [0.2, 0.25) is 17.7 Å². The van der Waals surface area contributed by atoms with Crippen LogP contribution in [0.5, 0.6) is 5.75 Å². The summed E-state index contributed by atoms with van der Waals surface area (Å²) in [4.78, 5) is 30.7. The first kappa shape index (κ1) is 21.5. The molecule has 3 rings (SSSR count). The first-order valence-electron chi connectivity index (χ1n) is 9.53. The monoisotopic (exact) mass is 422 g/mol. The molecule has 10 nitrogen and oxygen atoms in total. The Hall–Kier alpha value is -4.21. The number of aryl methyl sites for hydroxylation is 1. The predicted octanol–water partition coefficient (Wildman–Crippen LogP) is 4.54. The number of benzene rings is 2. The summed E-state index contributed by atoms with van der Waals surface area (Å²) in [6.45, 7) is 5.41. The van der Waals surface area contributed by atoms with Gasteiger partial charge in [0.1, 0.15) is 11.4 Å². The Morgan fingerprint density at radius 3 is 2.16 bits per heavy atom. The largest absolute Gasteiger partial charge is 0.494 e. The molecule has 0 saturated heterocycles. The molecule has 0 fully saturated rings. The second-order valence-corrected chi connectivity index (χ2v) is 6.55. The number of hydrogen-bond acceptors (Lipinski definition) is 8. The number of nitro groups is 1. The summed E-state index contributed by atoms with van der Waals surface area (Å²) >= 11 is 0. The molecule has 0 radical (unpaired) electrons. The zero-order valence-corrected chi connectivity index (χ0v) is 17.3. The van der Waals surface area contributed by atoms with Crippen LogP contribution in [0.25, 0.3) is 0 Å². The Bertz CT molecular complexity index is 1080. The predicted molar refractivity (Wildman–Crippen MR) is 118 cm³/mol. The van der Waals surface area contributed by atoms with Crippen molar-refractivity contribution in [2.45, 2.75) is 20.8 Å². The number of hydrogen-bond donors (Lipinski definition) is 3. The van der Waals surface area contributed by atoms with E-state index in [0.717, 1.165) is 0 Å². The van der Waals surface area contributed by atoms with Crippen LogP contribution in [0, 0.1) is 17.0 Å². The van der Waals surface area contributed by atoms with Crippen LogP contribution in [0.2, 0.25) is 0 Å². The Balaban J connectivity index is 1.86. The van der Waals surface area contributed by atoms with E-state index in [-0.39, 0.29) is 29.1 Å². The minimum Gasteiger partial charge on any atom is -0.494 e. The molecule has 160 valence electrons. The highest BCUT2D eigenvalue weighted by Crippen LogP contribution is 2.30. The van der Waals surface area contributed by atoms with Crippen LogP contribution in [0.3, 0.4) is 0 Å². The lowest BCUT2D eigenvalue weighted by Gasteiger charge is -2.12. The fourth-order valence-corrected chi connectivity index (χ4v) is 2.84. The average Bonchev–Trinajstić information content (AvgIpc) is 2.70. The molecule has 1 heterocycles. The molecule has 0 aliphatic carbocycles. The Labute approximate surface area is 178 Å². The quantitative estimate of drug-likeness (QED) is 0.356. The van der Waals surface area contributed by atoms with Crippen LogP contribution in [0.1, 0.15) is 19.5 Å². The number of rotatable bonds is 8. The molecule has 3 aromatic rings. The Kier molecular flexibility index (Phi) is 6.61. The van der Waals surface area contributed by atoms with Crippen LogP contribution in [-0.2, 0) is 4.79 Å². The molecule has 0 saturated carbocycles. The van der Waals surface area contributed by atoms with Gasteiger partial charge in [-0.15, -0.1) is 0 Å². The molecule has 0 unspecified atom stereocenters. The first-order valence-corrected chi connectivity index (χ1v) is 9.53. The first-order chi connectivity index (χ1) is 14.9. The minimum absolute atomic E-state index is 0.0685. The van der Waals surface area contributed by atoms with E-state index in [9.17, 15) is 14.9 Å². The molecular weight excluding hydrogens is 400 g/mol. The van der Waals surface area contributed by atoms with E-state index in [4.69, 9.17) is 4.74 Å². The molecule has 0 spiro atoms. The van der Waals surface area contributed by atoms with Crippen molar-refractivity contribution in [2.24, 2.45) is 0 Å². The van der Waals surface area contributed by atoms with Crippen LogP contribution < -0.4 is 20.7 Å². The van der Waals surface area contributed by atoms with Gasteiger partial charge in [-0.05, 0) is 62.4 Å². The maximum atomic E-state index is 11.6. The summed E-state index contributed by atoms with van der Waals surface area (Å²) in [5.41, 5.74) is 1.94. The fourth-order valence-electron chi connectivity index (χ4n) is 2.84. The van der Waals surface area contributed by atoms with Gasteiger partial charge in [0.15, 0.2) is 0 Å². The van der Waals surface area contributed by atoms with Crippen molar-refractivity contribution in [2.75, 3.05) is 22.6 Å². The lowest BCUT2D eigenvalue weighted by Crippen LogP contribution is -2.08. The SMILES string of the molecule is CCOc1ccc(Nc2nc(Nc3ccc(NC(C)=O)cc3)nc(C)c2[N+](=O)[O-])cc1. The van der Waals surface area contributed by atoms with Crippen molar-refractivity contribution in [3.63, 3.8) is 0 Å². The third-order valence-corrected chi connectivity index (χ3v) is 4.13. The van der Waals surface area contributed by atoms with Gasteiger partial charge in [-0.2, -0.15) is 4.98 Å². The molecule has 10 heteroatoms. The minimum atomic E-state index is -0.516. The van der Waals surface area contributed by atoms with E-state index < -0.39 is 4.92 Å². The topological polar surface area (TPSA) is 131 Å². The highest BCUT2D eigenvalue weighted by molar-refractivity contribution is 5.88. The molecule has 2 aromatic carbocycles. The standard InChI is InChI=1S/C21H22N6O4/c1-4-31-18-11-9-16(10-12-18)24-20-19(27(29)30)13(2)22-21(26-20)25-17-7-5-15(6-8-17)23-14(3)28/h5-12H,4H2,1-3H3,(H,23,28)(H2,22,24,25,26). The van der Waals surface area contributed by atoms with Crippen molar-refractivity contribution in [1.29, 1.82) is 0 Å². The van der Waals surface area contributed by atoms with Crippen molar-refractivity contribution >= 4 is 40.4 Å². The average molecular weight is 422 g/mol. The summed E-state index contributed by atoms with van der Waals surface area (Å²) < 4.78 is 5.41. The number of amides is 1. The number of nitrogens with one attached hydrogen (secondary N) is 3. The van der Waals surface area contributed by atoms with E-state index in [1.807, 2.05) is 6.92 Å². The van der Waals surface area contributed by atoms with Crippen molar-refractivity contribution in [3.05, 3.63) is 64.3 Å². The van der Waals surface area contributed by atoms with Crippen molar-refractivity contribution in [3.8, 4) is 5.75 Å². The van der Waals surface area contributed by atoms with E-state index in [1.54, 1.807) is 55.5 Å². The van der Waals surface area contributed by atoms with E-state index in [2.05, 4.69) is 25.9 Å². The molecule has 0 aliphatic heterocycles. The van der Waals surface area contributed by atoms with Crippen LogP contribution in [0.15, 0.2) is 48.5 Å². The molecule has 31 heavy (non-hydrogen) atoms. The lowest BCUT2D eigenvalue weighted by atomic mass is 10.2. The fraction of sp³-hybridized carbons (Fsp3) is 0.190. The summed E-state index contributed by atoms with van der Waals surface area (Å²) in [5.74, 6) is 0.800. The van der Waals surface area contributed by atoms with Gasteiger partial charge in [-0.3, -0.25) is 14.9 Å².